The van der Waals surface area contributed by atoms with Gasteiger partial charge in [0.2, 0.25) is 18.2 Å². The first kappa shape index (κ1) is 63.9. The van der Waals surface area contributed by atoms with Gasteiger partial charge in [-0.05, 0) is 200 Å². The van der Waals surface area contributed by atoms with Crippen LogP contribution in [-0.2, 0) is 32.0 Å². The molecule has 4 fully saturated rings. The number of carbonyl (C=O) groups is 1. The van der Waals surface area contributed by atoms with Crippen molar-refractivity contribution in [2.45, 2.75) is 256 Å². The van der Waals surface area contributed by atoms with Crippen LogP contribution < -0.4 is 14.8 Å². The van der Waals surface area contributed by atoms with Gasteiger partial charge in [0.15, 0.2) is 0 Å². The molecule has 12 heteroatoms. The summed E-state index contributed by atoms with van der Waals surface area (Å²) in [5.41, 5.74) is 2.73. The van der Waals surface area contributed by atoms with Gasteiger partial charge in [0.1, 0.15) is 31.3 Å². The average molecular weight is 1050 g/mol. The van der Waals surface area contributed by atoms with Crippen LogP contribution in [0.5, 0.6) is 11.5 Å². The van der Waals surface area contributed by atoms with Crippen LogP contribution in [0.25, 0.3) is 0 Å². The number of carbonyl (C=O) groups excluding carboxylic acids is 4. The standard InChI is InChI=1S/C32H50N2O4.C17H28O2.C15H22N2O2/c1-2-3-4-5-6-7-8-9-26-14-20-31(21-15-26)37-22-23-38-32(36)34-30-18-12-28(13-19-30)24-27-10-16-29(17-11-27)33-25-35;1-2-3-4-5-6-7-8-9-16-10-12-17(13-11-16)19-15-14-18;18-10-16-14-5-1-12(2-6-14)9-13-3-7-15(8-4-13)17-11-19/h14-15,20-21,27-30H,2-13,16-19,22-24H2,1H3,(H,34,36);10-13,18H,2-9,14-15H2,1H3;12-15H,1-9H2. The first-order chi connectivity index (χ1) is 37.3. The van der Waals surface area contributed by atoms with Gasteiger partial charge in [-0.2, -0.15) is 0 Å². The molecule has 4 aliphatic carbocycles. The van der Waals surface area contributed by atoms with Crippen molar-refractivity contribution in [1.82, 2.24) is 5.32 Å². The Balaban J connectivity index is 0.000000274. The molecule has 2 N–H and O–H groups in total. The molecule has 0 aliphatic heterocycles. The molecule has 76 heavy (non-hydrogen) atoms. The number of ether oxygens (including phenoxy) is 3. The zero-order valence-electron chi connectivity index (χ0n) is 47.3. The van der Waals surface area contributed by atoms with E-state index in [0.29, 0.717) is 13.2 Å². The maximum absolute atomic E-state index is 12.2. The van der Waals surface area contributed by atoms with Gasteiger partial charge >= 0.3 is 6.09 Å². The van der Waals surface area contributed by atoms with Crippen molar-refractivity contribution in [3.05, 3.63) is 59.7 Å². The predicted molar refractivity (Wildman–Crippen MR) is 305 cm³/mol. The molecule has 0 saturated heterocycles. The molecule has 2 aromatic rings. The van der Waals surface area contributed by atoms with E-state index >= 15 is 0 Å². The smallest absolute Gasteiger partial charge is 0.407 e. The number of hydrogen-bond donors (Lipinski definition) is 2. The molecule has 0 spiro atoms. The lowest BCUT2D eigenvalue weighted by Gasteiger charge is -2.33. The lowest BCUT2D eigenvalue weighted by molar-refractivity contribution is 0.117. The predicted octanol–water partition coefficient (Wildman–Crippen LogP) is 15.4. The minimum absolute atomic E-state index is 0.0692. The molecule has 6 rings (SSSR count). The Labute approximate surface area is 458 Å². The fourth-order valence-electron chi connectivity index (χ4n) is 12.0. The largest absolute Gasteiger partial charge is 0.491 e. The summed E-state index contributed by atoms with van der Waals surface area (Å²) in [5.74, 6) is 4.77. The lowest BCUT2D eigenvalue weighted by atomic mass is 9.76. The highest BCUT2D eigenvalue weighted by molar-refractivity contribution is 5.67. The summed E-state index contributed by atoms with van der Waals surface area (Å²) >= 11 is 0. The van der Waals surface area contributed by atoms with Gasteiger partial charge in [-0.15, -0.1) is 0 Å². The Morgan fingerprint density at radius 3 is 1.17 bits per heavy atom. The molecule has 0 aromatic heterocycles. The first-order valence-electron chi connectivity index (χ1n) is 30.5. The number of aryl methyl sites for hydroxylation is 2. The topological polar surface area (TPSA) is 165 Å². The number of aliphatic hydroxyl groups excluding tert-OH is 1. The van der Waals surface area contributed by atoms with Crippen LogP contribution in [0.4, 0.5) is 4.79 Å². The SMILES string of the molecule is CCCCCCCCCc1ccc(OCCO)cc1.CCCCCCCCCc1ccc(OCCOC(=O)NC2CCC(CC3CCC(N=C=O)CC3)CC2)cc1.O=C=NC1CCC(CC2CCC(N=C=O)CC2)CC1. The second-order valence-electron chi connectivity index (χ2n) is 22.6. The number of amides is 1. The number of benzene rings is 2. The summed E-state index contributed by atoms with van der Waals surface area (Å²) in [7, 11) is 0. The zero-order chi connectivity index (χ0) is 54.1. The van der Waals surface area contributed by atoms with E-state index < -0.39 is 0 Å². The zero-order valence-corrected chi connectivity index (χ0v) is 47.3. The molecule has 2 aromatic carbocycles. The molecular formula is C64H100N4O8. The maximum Gasteiger partial charge on any atom is 0.407 e. The summed E-state index contributed by atoms with van der Waals surface area (Å²) in [6.45, 7) is 5.56. The second-order valence-corrected chi connectivity index (χ2v) is 22.6. The molecule has 4 saturated carbocycles. The highest BCUT2D eigenvalue weighted by Crippen LogP contribution is 2.38. The third kappa shape index (κ3) is 29.2. The third-order valence-corrected chi connectivity index (χ3v) is 16.6. The van der Waals surface area contributed by atoms with Crippen molar-refractivity contribution in [3.8, 4) is 11.5 Å². The molecular weight excluding hydrogens is 953 g/mol. The van der Waals surface area contributed by atoms with Crippen LogP contribution in [-0.4, -0.2) is 80.0 Å². The fourth-order valence-corrected chi connectivity index (χ4v) is 12.0. The maximum atomic E-state index is 12.2. The number of isocyanates is 3. The van der Waals surface area contributed by atoms with Crippen LogP contribution in [0, 0.1) is 23.7 Å². The normalized spacial score (nSPS) is 23.0. The summed E-state index contributed by atoms with van der Waals surface area (Å²) in [4.78, 5) is 54.7. The minimum Gasteiger partial charge on any atom is -0.491 e. The van der Waals surface area contributed by atoms with E-state index in [4.69, 9.17) is 19.3 Å². The van der Waals surface area contributed by atoms with Crippen LogP contribution in [0.3, 0.4) is 0 Å². The quantitative estimate of drug-likeness (QED) is 0.0428. The van der Waals surface area contributed by atoms with Crippen molar-refractivity contribution in [2.24, 2.45) is 38.6 Å². The number of unbranched alkanes of at least 4 members (excludes halogenated alkanes) is 12. The molecule has 0 bridgehead atoms. The van der Waals surface area contributed by atoms with Crippen LogP contribution >= 0.6 is 0 Å². The van der Waals surface area contributed by atoms with Crippen molar-refractivity contribution < 1.29 is 38.5 Å². The number of hydrogen-bond acceptors (Lipinski definition) is 11. The number of rotatable bonds is 31. The van der Waals surface area contributed by atoms with E-state index in [0.717, 1.165) is 112 Å². The Kier molecular flexibility index (Phi) is 34.9. The van der Waals surface area contributed by atoms with Gasteiger partial charge in [0.25, 0.3) is 0 Å². The minimum atomic E-state index is -0.337. The summed E-state index contributed by atoms with van der Waals surface area (Å²) < 4.78 is 16.5. The van der Waals surface area contributed by atoms with Gasteiger partial charge < -0.3 is 24.6 Å². The first-order valence-corrected chi connectivity index (χ1v) is 30.5. The van der Waals surface area contributed by atoms with Gasteiger partial charge in [-0.25, -0.2) is 34.2 Å². The Morgan fingerprint density at radius 1 is 0.474 bits per heavy atom. The van der Waals surface area contributed by atoms with Crippen molar-refractivity contribution >= 4 is 24.3 Å². The molecule has 4 aliphatic rings. The van der Waals surface area contributed by atoms with E-state index in [1.54, 1.807) is 18.2 Å². The van der Waals surface area contributed by atoms with Gasteiger partial charge in [-0.3, -0.25) is 0 Å². The number of nitrogens with one attached hydrogen (secondary N) is 1. The Morgan fingerprint density at radius 2 is 0.816 bits per heavy atom. The Bertz CT molecular complexity index is 1880. The van der Waals surface area contributed by atoms with Crippen molar-refractivity contribution in [3.63, 3.8) is 0 Å². The summed E-state index contributed by atoms with van der Waals surface area (Å²) in [6.07, 6.45) is 46.1. The van der Waals surface area contributed by atoms with E-state index in [1.807, 2.05) is 24.3 Å². The molecule has 1 amide bonds. The Hall–Kier alpha value is -4.59. The second kappa shape index (κ2) is 41.5. The third-order valence-electron chi connectivity index (χ3n) is 16.6. The number of alkyl carbamates (subject to hydrolysis) is 1. The van der Waals surface area contributed by atoms with Crippen molar-refractivity contribution in [2.75, 3.05) is 26.4 Å². The summed E-state index contributed by atoms with van der Waals surface area (Å²) in [5, 5.41) is 11.7. The molecule has 0 atom stereocenters. The molecule has 424 valence electrons. The highest BCUT2D eigenvalue weighted by Gasteiger charge is 2.29. The molecule has 0 unspecified atom stereocenters. The van der Waals surface area contributed by atoms with E-state index in [-0.39, 0.29) is 43.5 Å². The fraction of sp³-hybridized carbons (Fsp3) is 0.750. The number of aliphatic hydroxyl groups is 1. The highest BCUT2D eigenvalue weighted by atomic mass is 16.6. The van der Waals surface area contributed by atoms with E-state index in [1.165, 1.54) is 152 Å². The molecule has 12 nitrogen and oxygen atoms in total. The monoisotopic (exact) mass is 1050 g/mol. The van der Waals surface area contributed by atoms with Gasteiger partial charge in [0.05, 0.1) is 24.7 Å². The van der Waals surface area contributed by atoms with E-state index in [9.17, 15) is 19.2 Å². The molecule has 0 radical (unpaired) electrons. The van der Waals surface area contributed by atoms with Gasteiger partial charge in [-0.1, -0.05) is 115 Å². The van der Waals surface area contributed by atoms with E-state index in [2.05, 4.69) is 58.4 Å². The average Bonchev–Trinajstić information content (AvgIpc) is 3.44. The van der Waals surface area contributed by atoms with Crippen LogP contribution in [0.2, 0.25) is 0 Å². The number of nitrogens with zero attached hydrogens (tertiary/aromatic N) is 3. The van der Waals surface area contributed by atoms with Crippen LogP contribution in [0.1, 0.15) is 230 Å². The van der Waals surface area contributed by atoms with Gasteiger partial charge in [0, 0.05) is 6.04 Å². The molecule has 0 heterocycles. The number of aliphatic imine (C=N–C) groups is 3. The van der Waals surface area contributed by atoms with Crippen molar-refractivity contribution in [1.29, 1.82) is 0 Å². The van der Waals surface area contributed by atoms with Crippen LogP contribution in [0.15, 0.2) is 63.5 Å². The summed E-state index contributed by atoms with van der Waals surface area (Å²) in [6, 6.07) is 17.4. The lowest BCUT2D eigenvalue weighted by Crippen LogP contribution is -2.38.